The number of fused-ring (bicyclic) bond motifs is 1. The molecular formula is C19H29ClN2O3. The number of carbonyl (C=O) groups excluding carboxylic acids is 1. The Bertz CT molecular complexity index is 609. The molecule has 1 saturated carbocycles. The smallest absolute Gasteiger partial charge is 0.220 e. The zero-order chi connectivity index (χ0) is 17.1. The fourth-order valence-electron chi connectivity index (χ4n) is 3.73. The number of ether oxygens (including phenoxy) is 2. The number of nitrogens with two attached hydrogens (primary N) is 1. The first-order valence-electron chi connectivity index (χ1n) is 9.04. The Hall–Kier alpha value is -1.46. The van der Waals surface area contributed by atoms with Crippen molar-refractivity contribution in [2.75, 3.05) is 6.61 Å². The van der Waals surface area contributed by atoms with E-state index in [2.05, 4.69) is 18.3 Å². The van der Waals surface area contributed by atoms with E-state index < -0.39 is 0 Å². The molecule has 1 unspecified atom stereocenters. The highest BCUT2D eigenvalue weighted by atomic mass is 35.5. The third-order valence-corrected chi connectivity index (χ3v) is 5.02. The molecule has 3 atom stereocenters. The topological polar surface area (TPSA) is 73.6 Å². The maximum Gasteiger partial charge on any atom is 0.220 e. The highest BCUT2D eigenvalue weighted by Crippen LogP contribution is 2.35. The normalized spacial score (nSPS) is 24.2. The summed E-state index contributed by atoms with van der Waals surface area (Å²) in [6.07, 6.45) is 4.85. The maximum absolute atomic E-state index is 12.2. The summed E-state index contributed by atoms with van der Waals surface area (Å²) >= 11 is 0. The van der Waals surface area contributed by atoms with Gasteiger partial charge in [-0.1, -0.05) is 6.42 Å². The number of hydrogen-bond donors (Lipinski definition) is 2. The Balaban J connectivity index is 0.00000225. The lowest BCUT2D eigenvalue weighted by atomic mass is 10.00. The number of amides is 1. The van der Waals surface area contributed by atoms with E-state index in [0.717, 1.165) is 42.7 Å². The number of carbonyl (C=O) groups is 1. The van der Waals surface area contributed by atoms with Crippen molar-refractivity contribution in [2.45, 2.75) is 64.6 Å². The van der Waals surface area contributed by atoms with E-state index in [1.807, 2.05) is 13.0 Å². The van der Waals surface area contributed by atoms with Crippen LogP contribution in [0.2, 0.25) is 0 Å². The van der Waals surface area contributed by atoms with Gasteiger partial charge in [-0.25, -0.2) is 0 Å². The van der Waals surface area contributed by atoms with Crippen LogP contribution in [-0.2, 0) is 17.8 Å². The van der Waals surface area contributed by atoms with Gasteiger partial charge in [0, 0.05) is 36.6 Å². The van der Waals surface area contributed by atoms with Gasteiger partial charge in [0.15, 0.2) is 0 Å². The maximum atomic E-state index is 12.2. The van der Waals surface area contributed by atoms with Crippen molar-refractivity contribution in [3.8, 4) is 11.5 Å². The van der Waals surface area contributed by atoms with Crippen molar-refractivity contribution in [3.05, 3.63) is 23.3 Å². The predicted octanol–water partition coefficient (Wildman–Crippen LogP) is 2.96. The number of nitrogens with one attached hydrogen (secondary N) is 1. The van der Waals surface area contributed by atoms with Crippen LogP contribution in [-0.4, -0.2) is 24.7 Å². The van der Waals surface area contributed by atoms with E-state index in [9.17, 15) is 4.79 Å². The van der Waals surface area contributed by atoms with Crippen LogP contribution >= 0.6 is 12.4 Å². The van der Waals surface area contributed by atoms with Crippen LogP contribution in [0.5, 0.6) is 11.5 Å². The van der Waals surface area contributed by atoms with Gasteiger partial charge in [-0.15, -0.1) is 12.4 Å². The second kappa shape index (κ2) is 8.77. The molecule has 1 aromatic rings. The average molecular weight is 369 g/mol. The Kier molecular flexibility index (Phi) is 6.96. The van der Waals surface area contributed by atoms with E-state index >= 15 is 0 Å². The second-order valence-corrected chi connectivity index (χ2v) is 6.97. The molecule has 1 aliphatic carbocycles. The van der Waals surface area contributed by atoms with Crippen molar-refractivity contribution in [3.63, 3.8) is 0 Å². The summed E-state index contributed by atoms with van der Waals surface area (Å²) in [5.74, 6) is 2.13. The number of halogens is 1. The first kappa shape index (κ1) is 19.9. The molecule has 0 saturated heterocycles. The zero-order valence-corrected chi connectivity index (χ0v) is 15.9. The van der Waals surface area contributed by atoms with Gasteiger partial charge >= 0.3 is 0 Å². The molecule has 3 N–H and O–H groups in total. The first-order chi connectivity index (χ1) is 11.6. The van der Waals surface area contributed by atoms with E-state index in [-0.39, 0.29) is 30.5 Å². The summed E-state index contributed by atoms with van der Waals surface area (Å²) in [4.78, 5) is 12.2. The Morgan fingerprint density at radius 1 is 1.40 bits per heavy atom. The van der Waals surface area contributed by atoms with Crippen molar-refractivity contribution >= 4 is 18.3 Å². The first-order valence-corrected chi connectivity index (χ1v) is 9.04. The molecule has 140 valence electrons. The van der Waals surface area contributed by atoms with Crippen LogP contribution in [0.4, 0.5) is 0 Å². The van der Waals surface area contributed by atoms with Crippen LogP contribution in [0, 0.1) is 5.92 Å². The molecule has 1 aliphatic heterocycles. The minimum atomic E-state index is 0. The van der Waals surface area contributed by atoms with Gasteiger partial charge in [0.25, 0.3) is 0 Å². The van der Waals surface area contributed by atoms with E-state index in [4.69, 9.17) is 15.2 Å². The Labute approximate surface area is 156 Å². The third-order valence-electron chi connectivity index (χ3n) is 5.02. The molecule has 1 fully saturated rings. The molecule has 0 radical (unpaired) electrons. The van der Waals surface area contributed by atoms with Gasteiger partial charge in [0.2, 0.25) is 5.91 Å². The lowest BCUT2D eigenvalue weighted by molar-refractivity contribution is -0.122. The number of rotatable bonds is 6. The van der Waals surface area contributed by atoms with E-state index in [1.165, 1.54) is 5.56 Å². The van der Waals surface area contributed by atoms with Crippen molar-refractivity contribution in [1.82, 2.24) is 5.32 Å². The second-order valence-electron chi connectivity index (χ2n) is 6.97. The van der Waals surface area contributed by atoms with E-state index in [1.54, 1.807) is 0 Å². The van der Waals surface area contributed by atoms with Crippen LogP contribution in [0.1, 0.15) is 50.7 Å². The SMILES string of the molecule is CCOc1cc2c(cc1CNC(=O)C[C@@H]1CCC[C@H]1N)OC(C)C2.Cl. The Morgan fingerprint density at radius 2 is 2.20 bits per heavy atom. The summed E-state index contributed by atoms with van der Waals surface area (Å²) in [6.45, 7) is 5.09. The monoisotopic (exact) mass is 368 g/mol. The van der Waals surface area contributed by atoms with Gasteiger partial charge in [0.05, 0.1) is 6.61 Å². The molecule has 1 aromatic carbocycles. The van der Waals surface area contributed by atoms with Crippen LogP contribution < -0.4 is 20.5 Å². The summed E-state index contributed by atoms with van der Waals surface area (Å²) in [7, 11) is 0. The van der Waals surface area contributed by atoms with Gasteiger partial charge in [0.1, 0.15) is 17.6 Å². The summed E-state index contributed by atoms with van der Waals surface area (Å²) in [6, 6.07) is 4.23. The average Bonchev–Trinajstić information content (AvgIpc) is 3.10. The standard InChI is InChI=1S/C19H28N2O3.ClH/c1-3-23-17-8-14-7-12(2)24-18(14)9-15(17)11-21-19(22)10-13-5-4-6-16(13)20;/h8-9,12-13,16H,3-7,10-11,20H2,1-2H3,(H,21,22);1H/t12?,13-,16+;/m0./s1. The largest absolute Gasteiger partial charge is 0.494 e. The molecule has 25 heavy (non-hydrogen) atoms. The molecular weight excluding hydrogens is 340 g/mol. The van der Waals surface area contributed by atoms with Crippen LogP contribution in [0.25, 0.3) is 0 Å². The van der Waals surface area contributed by atoms with Gasteiger partial charge in [-0.3, -0.25) is 4.79 Å². The van der Waals surface area contributed by atoms with E-state index in [0.29, 0.717) is 25.5 Å². The van der Waals surface area contributed by atoms with Crippen molar-refractivity contribution < 1.29 is 14.3 Å². The minimum absolute atomic E-state index is 0. The highest BCUT2D eigenvalue weighted by Gasteiger charge is 2.26. The number of benzene rings is 1. The highest BCUT2D eigenvalue weighted by molar-refractivity contribution is 5.85. The van der Waals surface area contributed by atoms with Gasteiger partial charge in [-0.05, 0) is 44.7 Å². The molecule has 3 rings (SSSR count). The lowest BCUT2D eigenvalue weighted by Gasteiger charge is -2.16. The summed E-state index contributed by atoms with van der Waals surface area (Å²) in [5.41, 5.74) is 8.20. The lowest BCUT2D eigenvalue weighted by Crippen LogP contribution is -2.31. The van der Waals surface area contributed by atoms with Gasteiger partial charge < -0.3 is 20.5 Å². The van der Waals surface area contributed by atoms with Crippen molar-refractivity contribution in [1.29, 1.82) is 0 Å². The predicted molar refractivity (Wildman–Crippen MR) is 100 cm³/mol. The van der Waals surface area contributed by atoms with Crippen molar-refractivity contribution in [2.24, 2.45) is 11.7 Å². The Morgan fingerprint density at radius 3 is 2.88 bits per heavy atom. The molecule has 6 heteroatoms. The summed E-state index contributed by atoms with van der Waals surface area (Å²) in [5, 5.41) is 3.02. The minimum Gasteiger partial charge on any atom is -0.494 e. The molecule has 0 spiro atoms. The fraction of sp³-hybridized carbons (Fsp3) is 0.632. The van der Waals surface area contributed by atoms with Gasteiger partial charge in [-0.2, -0.15) is 0 Å². The number of hydrogen-bond acceptors (Lipinski definition) is 4. The summed E-state index contributed by atoms with van der Waals surface area (Å²) < 4.78 is 11.6. The zero-order valence-electron chi connectivity index (χ0n) is 15.0. The molecule has 0 aromatic heterocycles. The molecule has 1 amide bonds. The fourth-order valence-corrected chi connectivity index (χ4v) is 3.73. The van der Waals surface area contributed by atoms with Crippen LogP contribution in [0.15, 0.2) is 12.1 Å². The third kappa shape index (κ3) is 4.79. The molecule has 0 bridgehead atoms. The van der Waals surface area contributed by atoms with Crippen LogP contribution in [0.3, 0.4) is 0 Å². The molecule has 2 aliphatic rings. The molecule has 1 heterocycles. The quantitative estimate of drug-likeness (QED) is 0.809. The molecule has 5 nitrogen and oxygen atoms in total.